The summed E-state index contributed by atoms with van der Waals surface area (Å²) in [5.74, 6) is 5.07. The van der Waals surface area contributed by atoms with Crippen molar-refractivity contribution in [2.75, 3.05) is 0 Å². The van der Waals surface area contributed by atoms with Crippen molar-refractivity contribution < 1.29 is 4.79 Å². The van der Waals surface area contributed by atoms with E-state index in [1.807, 2.05) is 36.4 Å². The number of hydrogen-bond donors (Lipinski definition) is 0. The molecule has 0 fully saturated rings. The molecule has 0 bridgehead atoms. The summed E-state index contributed by atoms with van der Waals surface area (Å²) in [5.41, 5.74) is 4.01. The molecule has 0 aliphatic heterocycles. The first kappa shape index (κ1) is 10.3. The van der Waals surface area contributed by atoms with Gasteiger partial charge in [-0.2, -0.15) is 5.26 Å². The van der Waals surface area contributed by atoms with E-state index in [4.69, 9.17) is 5.26 Å². The van der Waals surface area contributed by atoms with Crippen molar-refractivity contribution in [1.29, 1.82) is 5.26 Å². The molecule has 0 radical (unpaired) electrons. The minimum Gasteiger partial charge on any atom is -0.289 e. The Morgan fingerprint density at radius 1 is 0.889 bits per heavy atom. The fourth-order valence-corrected chi connectivity index (χ4v) is 2.21. The van der Waals surface area contributed by atoms with Gasteiger partial charge in [-0.15, -0.1) is 0 Å². The molecule has 0 spiro atoms. The molecule has 0 saturated heterocycles. The SMILES string of the molecule is N#CC#Cc1ccc2c(c1)C(=O)c1ccccc1-2. The van der Waals surface area contributed by atoms with Crippen LogP contribution in [-0.2, 0) is 0 Å². The third-order valence-corrected chi connectivity index (χ3v) is 2.99. The highest BCUT2D eigenvalue weighted by Crippen LogP contribution is 2.36. The molecule has 18 heavy (non-hydrogen) atoms. The van der Waals surface area contributed by atoms with Crippen LogP contribution in [0.2, 0.25) is 0 Å². The Hall–Kier alpha value is -2.84. The van der Waals surface area contributed by atoms with E-state index >= 15 is 0 Å². The molecular weight excluding hydrogens is 222 g/mol. The van der Waals surface area contributed by atoms with Gasteiger partial charge in [0.15, 0.2) is 11.9 Å². The van der Waals surface area contributed by atoms with E-state index in [0.717, 1.165) is 16.7 Å². The van der Waals surface area contributed by atoms with Gasteiger partial charge in [-0.1, -0.05) is 36.3 Å². The van der Waals surface area contributed by atoms with Gasteiger partial charge in [0.2, 0.25) is 0 Å². The second kappa shape index (κ2) is 3.87. The van der Waals surface area contributed by atoms with Crippen LogP contribution in [0, 0.1) is 23.2 Å². The van der Waals surface area contributed by atoms with Crippen molar-refractivity contribution in [3.05, 3.63) is 59.2 Å². The van der Waals surface area contributed by atoms with Crippen LogP contribution >= 0.6 is 0 Å². The maximum absolute atomic E-state index is 12.2. The van der Waals surface area contributed by atoms with E-state index in [0.29, 0.717) is 11.1 Å². The lowest BCUT2D eigenvalue weighted by Crippen LogP contribution is -1.95. The molecule has 2 aromatic carbocycles. The molecule has 0 N–H and O–H groups in total. The molecule has 1 aliphatic rings. The van der Waals surface area contributed by atoms with Gasteiger partial charge in [-0.05, 0) is 23.3 Å². The molecule has 3 rings (SSSR count). The second-order valence-electron chi connectivity index (χ2n) is 4.00. The number of rotatable bonds is 0. The van der Waals surface area contributed by atoms with Gasteiger partial charge in [0.05, 0.1) is 0 Å². The highest BCUT2D eigenvalue weighted by Gasteiger charge is 2.25. The molecule has 0 saturated carbocycles. The zero-order valence-corrected chi connectivity index (χ0v) is 9.40. The fraction of sp³-hybridized carbons (Fsp3) is 0. The zero-order valence-electron chi connectivity index (χ0n) is 9.40. The van der Waals surface area contributed by atoms with Crippen LogP contribution in [0.5, 0.6) is 0 Å². The summed E-state index contributed by atoms with van der Waals surface area (Å²) in [5, 5.41) is 8.42. The van der Waals surface area contributed by atoms with Crippen LogP contribution in [0.25, 0.3) is 11.1 Å². The van der Waals surface area contributed by atoms with Crippen molar-refractivity contribution in [1.82, 2.24) is 0 Å². The van der Waals surface area contributed by atoms with E-state index in [1.54, 1.807) is 12.1 Å². The number of carbonyl (C=O) groups is 1. The highest BCUT2D eigenvalue weighted by atomic mass is 16.1. The van der Waals surface area contributed by atoms with Crippen LogP contribution in [0.1, 0.15) is 21.5 Å². The molecule has 0 heterocycles. The number of nitriles is 1. The van der Waals surface area contributed by atoms with Gasteiger partial charge in [-0.3, -0.25) is 4.79 Å². The van der Waals surface area contributed by atoms with Gasteiger partial charge in [0.25, 0.3) is 0 Å². The minimum atomic E-state index is 0.0289. The molecule has 2 heteroatoms. The predicted molar refractivity (Wildman–Crippen MR) is 67.8 cm³/mol. The lowest BCUT2D eigenvalue weighted by Gasteiger charge is -1.99. The van der Waals surface area contributed by atoms with Crippen molar-refractivity contribution in [2.24, 2.45) is 0 Å². The molecular formula is C16H7NO. The molecule has 2 aromatic rings. The predicted octanol–water partition coefficient (Wildman–Crippen LogP) is 2.77. The average molecular weight is 229 g/mol. The summed E-state index contributed by atoms with van der Waals surface area (Å²) in [4.78, 5) is 12.2. The third-order valence-electron chi connectivity index (χ3n) is 2.99. The van der Waals surface area contributed by atoms with E-state index in [1.165, 1.54) is 0 Å². The number of nitrogens with zero attached hydrogens (tertiary/aromatic N) is 1. The normalized spacial score (nSPS) is 10.9. The minimum absolute atomic E-state index is 0.0289. The Balaban J connectivity index is 2.20. The van der Waals surface area contributed by atoms with Crippen LogP contribution in [0.4, 0.5) is 0 Å². The molecule has 82 valence electrons. The number of benzene rings is 2. The van der Waals surface area contributed by atoms with Gasteiger partial charge in [0.1, 0.15) is 0 Å². The molecule has 2 nitrogen and oxygen atoms in total. The summed E-state index contributed by atoms with van der Waals surface area (Å²) < 4.78 is 0. The van der Waals surface area contributed by atoms with Crippen LogP contribution < -0.4 is 0 Å². The van der Waals surface area contributed by atoms with Gasteiger partial charge in [-0.25, -0.2) is 0 Å². The smallest absolute Gasteiger partial charge is 0.194 e. The third kappa shape index (κ3) is 1.41. The van der Waals surface area contributed by atoms with Gasteiger partial charge in [0, 0.05) is 22.6 Å². The summed E-state index contributed by atoms with van der Waals surface area (Å²) in [6.07, 6.45) is 0. The summed E-state index contributed by atoms with van der Waals surface area (Å²) in [6, 6.07) is 14.8. The molecule has 0 unspecified atom stereocenters. The first-order valence-corrected chi connectivity index (χ1v) is 5.49. The van der Waals surface area contributed by atoms with Crippen molar-refractivity contribution in [2.45, 2.75) is 0 Å². The van der Waals surface area contributed by atoms with E-state index in [9.17, 15) is 4.79 Å². The van der Waals surface area contributed by atoms with E-state index in [-0.39, 0.29) is 5.78 Å². The maximum Gasteiger partial charge on any atom is 0.194 e. The Morgan fingerprint density at radius 2 is 1.61 bits per heavy atom. The Morgan fingerprint density at radius 3 is 2.39 bits per heavy atom. The lowest BCUT2D eigenvalue weighted by atomic mass is 10.0. The first-order chi connectivity index (χ1) is 8.81. The highest BCUT2D eigenvalue weighted by molar-refractivity contribution is 6.21. The molecule has 1 aliphatic carbocycles. The Kier molecular flexibility index (Phi) is 2.22. The zero-order chi connectivity index (χ0) is 12.5. The number of ketones is 1. The van der Waals surface area contributed by atoms with Crippen molar-refractivity contribution in [3.63, 3.8) is 0 Å². The van der Waals surface area contributed by atoms with Crippen LogP contribution in [0.15, 0.2) is 42.5 Å². The Labute approximate surface area is 104 Å². The number of carbonyl (C=O) groups excluding carboxylic acids is 1. The van der Waals surface area contributed by atoms with Crippen molar-refractivity contribution >= 4 is 5.78 Å². The maximum atomic E-state index is 12.2. The number of fused-ring (bicyclic) bond motifs is 3. The van der Waals surface area contributed by atoms with Gasteiger partial charge < -0.3 is 0 Å². The Bertz CT molecular complexity index is 770. The fourth-order valence-electron chi connectivity index (χ4n) is 2.21. The molecule has 0 atom stereocenters. The largest absolute Gasteiger partial charge is 0.289 e. The van der Waals surface area contributed by atoms with E-state index in [2.05, 4.69) is 11.8 Å². The summed E-state index contributed by atoms with van der Waals surface area (Å²) in [7, 11) is 0. The molecule has 0 amide bonds. The first-order valence-electron chi connectivity index (χ1n) is 5.49. The number of hydrogen-bond acceptors (Lipinski definition) is 2. The van der Waals surface area contributed by atoms with Crippen LogP contribution in [-0.4, -0.2) is 5.78 Å². The van der Waals surface area contributed by atoms with Crippen molar-refractivity contribution in [3.8, 4) is 29.0 Å². The topological polar surface area (TPSA) is 40.9 Å². The van der Waals surface area contributed by atoms with E-state index < -0.39 is 0 Å². The lowest BCUT2D eigenvalue weighted by molar-refractivity contribution is 0.104. The summed E-state index contributed by atoms with van der Waals surface area (Å²) >= 11 is 0. The monoisotopic (exact) mass is 229 g/mol. The summed E-state index contributed by atoms with van der Waals surface area (Å²) in [6.45, 7) is 0. The standard InChI is InChI=1S/C16H7NO/c17-9-3-4-11-7-8-13-12-5-1-2-6-14(12)16(18)15(13)10-11/h1-2,5-8,10H. The van der Waals surface area contributed by atoms with Gasteiger partial charge >= 0.3 is 0 Å². The molecule has 0 aromatic heterocycles. The average Bonchev–Trinajstić information content (AvgIpc) is 2.71. The quantitative estimate of drug-likeness (QED) is 0.556. The van der Waals surface area contributed by atoms with Crippen LogP contribution in [0.3, 0.4) is 0 Å². The second-order valence-corrected chi connectivity index (χ2v) is 4.00.